The zero-order valence-corrected chi connectivity index (χ0v) is 32.4. The number of hydrogen-bond acceptors (Lipinski definition) is 6. The van der Waals surface area contributed by atoms with Crippen LogP contribution in [0.15, 0.2) is 144 Å². The van der Waals surface area contributed by atoms with Crippen LogP contribution in [-0.4, -0.2) is 40.9 Å². The second-order valence-electron chi connectivity index (χ2n) is 13.5. The molecule has 9 nitrogen and oxygen atoms in total. The molecule has 7 rings (SSSR count). The molecule has 0 spiro atoms. The van der Waals surface area contributed by atoms with Gasteiger partial charge in [0.05, 0.1) is 10.5 Å². The third kappa shape index (κ3) is 7.68. The highest BCUT2D eigenvalue weighted by atomic mass is 79.9. The Hall–Kier alpha value is -6.00. The van der Waals surface area contributed by atoms with Gasteiger partial charge in [0.1, 0.15) is 5.54 Å². The van der Waals surface area contributed by atoms with Gasteiger partial charge in [-0.2, -0.15) is 0 Å². The van der Waals surface area contributed by atoms with E-state index in [2.05, 4.69) is 99.0 Å². The summed E-state index contributed by atoms with van der Waals surface area (Å²) in [5.41, 5.74) is 7.02. The predicted molar refractivity (Wildman–Crippen MR) is 221 cm³/mol. The number of nitrogens with one attached hydrogen (secondary N) is 2. The van der Waals surface area contributed by atoms with Gasteiger partial charge in [-0.25, -0.2) is 9.67 Å². The summed E-state index contributed by atoms with van der Waals surface area (Å²) in [6, 6.07) is 47.5. The van der Waals surface area contributed by atoms with E-state index in [0.717, 1.165) is 51.8 Å². The van der Waals surface area contributed by atoms with Crippen LogP contribution in [0.25, 0.3) is 22.5 Å². The first-order valence-electron chi connectivity index (χ1n) is 18.6. The summed E-state index contributed by atoms with van der Waals surface area (Å²) in [4.78, 5) is 33.1. The number of H-pyrrole nitrogens is 1. The summed E-state index contributed by atoms with van der Waals surface area (Å²) >= 11 is 3.37. The first-order valence-corrected chi connectivity index (χ1v) is 19.6. The Morgan fingerprint density at radius 2 is 1.35 bits per heavy atom. The Kier molecular flexibility index (Phi) is 11.5. The Bertz CT molecular complexity index is 2320. The van der Waals surface area contributed by atoms with Crippen molar-refractivity contribution in [3.8, 4) is 22.5 Å². The number of hydrogen-bond donors (Lipinski definition) is 2. The van der Waals surface area contributed by atoms with Gasteiger partial charge in [0.25, 0.3) is 5.56 Å². The fraction of sp³-hybridized carbons (Fsp3) is 0.200. The van der Waals surface area contributed by atoms with Crippen molar-refractivity contribution in [1.82, 2.24) is 30.2 Å². The van der Waals surface area contributed by atoms with Gasteiger partial charge in [-0.05, 0) is 63.1 Å². The molecule has 0 aliphatic rings. The second kappa shape index (κ2) is 17.0. The highest BCUT2D eigenvalue weighted by molar-refractivity contribution is 9.10. The lowest BCUT2D eigenvalue weighted by molar-refractivity contribution is -0.115. The Morgan fingerprint density at radius 1 is 0.782 bits per heavy atom. The zero-order valence-electron chi connectivity index (χ0n) is 30.8. The number of alkyl halides is 1. The highest BCUT2D eigenvalue weighted by Crippen LogP contribution is 2.43. The number of rotatable bonds is 14. The van der Waals surface area contributed by atoms with Crippen LogP contribution in [0.4, 0.5) is 5.95 Å². The van der Waals surface area contributed by atoms with Crippen LogP contribution in [0, 0.1) is 0 Å². The fourth-order valence-electron chi connectivity index (χ4n) is 7.14. The molecule has 7 aromatic rings. The minimum atomic E-state index is -0.888. The van der Waals surface area contributed by atoms with E-state index in [1.165, 1.54) is 0 Å². The lowest BCUT2D eigenvalue weighted by Gasteiger charge is -2.36. The molecule has 1 atom stereocenters. The maximum Gasteiger partial charge on any atom is 0.256 e. The number of tetrazole rings is 1. The SMILES string of the molecule is CCCCc1nc(NC(=O)C(Br)CC)[nH]c(=O)c1Cc1ccc(-c2ccccc2-c2nnnn2C(c2ccccc2)(c2ccccc2)c2ccccc2)cc1. The van der Waals surface area contributed by atoms with Gasteiger partial charge in [0.2, 0.25) is 11.9 Å². The maximum atomic E-state index is 13.5. The number of carbonyl (C=O) groups is 1. The van der Waals surface area contributed by atoms with E-state index in [9.17, 15) is 9.59 Å². The largest absolute Gasteiger partial charge is 0.295 e. The number of aromatic amines is 1. The quantitative estimate of drug-likeness (QED) is 0.0839. The van der Waals surface area contributed by atoms with E-state index in [0.29, 0.717) is 36.3 Å². The second-order valence-corrected chi connectivity index (χ2v) is 14.6. The van der Waals surface area contributed by atoms with Crippen molar-refractivity contribution in [3.05, 3.63) is 183 Å². The standard InChI is InChI=1S/C45H42BrN7O2/c1-3-5-25-40-38(42(54)48-44(47-40)49-43(55)39(46)4-2)30-31-26-28-32(29-27-31)36-23-15-16-24-37(36)41-50-51-52-53(41)45(33-17-9-6-10-18-33,34-19-11-7-12-20-34)35-21-13-8-14-22-35/h6-24,26-29,39H,3-5,25,30H2,1-2H3,(H2,47,48,49,54,55). The van der Waals surface area contributed by atoms with Gasteiger partial charge >= 0.3 is 0 Å². The number of benzene rings is 5. The first kappa shape index (κ1) is 37.3. The number of amides is 1. The molecule has 0 aliphatic heterocycles. The summed E-state index contributed by atoms with van der Waals surface area (Å²) in [6.45, 7) is 4.01. The smallest absolute Gasteiger partial charge is 0.256 e. The number of carbonyl (C=O) groups excluding carboxylic acids is 1. The minimum absolute atomic E-state index is 0.174. The normalized spacial score (nSPS) is 12.0. The van der Waals surface area contributed by atoms with Crippen molar-refractivity contribution in [1.29, 1.82) is 0 Å². The molecular weight excluding hydrogens is 750 g/mol. The maximum absolute atomic E-state index is 13.5. The number of aromatic nitrogens is 6. The highest BCUT2D eigenvalue weighted by Gasteiger charge is 2.42. The van der Waals surface area contributed by atoms with E-state index >= 15 is 0 Å². The summed E-state index contributed by atoms with van der Waals surface area (Å²) < 4.78 is 1.95. The van der Waals surface area contributed by atoms with E-state index in [1.54, 1.807) is 0 Å². The Morgan fingerprint density at radius 3 is 1.91 bits per heavy atom. The zero-order chi connectivity index (χ0) is 38.2. The molecule has 0 bridgehead atoms. The molecule has 0 radical (unpaired) electrons. The summed E-state index contributed by atoms with van der Waals surface area (Å²) in [7, 11) is 0. The van der Waals surface area contributed by atoms with Gasteiger partial charge < -0.3 is 0 Å². The summed E-state index contributed by atoms with van der Waals surface area (Å²) in [6.07, 6.45) is 3.49. The number of anilines is 1. The average molecular weight is 793 g/mol. The number of halogens is 1. The molecule has 2 aromatic heterocycles. The molecule has 5 aromatic carbocycles. The van der Waals surface area contributed by atoms with Crippen molar-refractivity contribution in [2.45, 2.75) is 56.3 Å². The van der Waals surface area contributed by atoms with Crippen molar-refractivity contribution >= 4 is 27.8 Å². The number of aryl methyl sites for hydroxylation is 1. The molecule has 1 unspecified atom stereocenters. The topological polar surface area (TPSA) is 118 Å². The first-order chi connectivity index (χ1) is 26.9. The molecule has 2 N–H and O–H groups in total. The molecule has 0 aliphatic carbocycles. The molecule has 55 heavy (non-hydrogen) atoms. The lowest BCUT2D eigenvalue weighted by Crippen LogP contribution is -2.39. The van der Waals surface area contributed by atoms with E-state index in [1.807, 2.05) is 90.5 Å². The monoisotopic (exact) mass is 791 g/mol. The van der Waals surface area contributed by atoms with Crippen molar-refractivity contribution in [2.24, 2.45) is 0 Å². The molecule has 276 valence electrons. The fourth-order valence-corrected chi connectivity index (χ4v) is 7.25. The predicted octanol–water partition coefficient (Wildman–Crippen LogP) is 8.98. The van der Waals surface area contributed by atoms with E-state index < -0.39 is 5.54 Å². The molecule has 1 amide bonds. The van der Waals surface area contributed by atoms with Gasteiger partial charge in [0.15, 0.2) is 5.82 Å². The number of nitrogens with zero attached hydrogens (tertiary/aromatic N) is 5. The summed E-state index contributed by atoms with van der Waals surface area (Å²) in [5, 5.41) is 16.5. The minimum Gasteiger partial charge on any atom is -0.295 e. The van der Waals surface area contributed by atoms with Crippen LogP contribution in [0.5, 0.6) is 0 Å². The Labute approximate surface area is 329 Å². The molecule has 0 fully saturated rings. The number of unbranched alkanes of at least 4 members (excludes halogenated alkanes) is 1. The molecule has 10 heteroatoms. The van der Waals surface area contributed by atoms with E-state index in [4.69, 9.17) is 15.3 Å². The Balaban J connectivity index is 1.28. The van der Waals surface area contributed by atoms with Crippen LogP contribution >= 0.6 is 15.9 Å². The molecule has 0 saturated heterocycles. The van der Waals surface area contributed by atoms with Crippen molar-refractivity contribution in [3.63, 3.8) is 0 Å². The van der Waals surface area contributed by atoms with Gasteiger partial charge in [-0.3, -0.25) is 19.9 Å². The molecule has 2 heterocycles. The van der Waals surface area contributed by atoms with Crippen LogP contribution < -0.4 is 10.9 Å². The molecular formula is C45H42BrN7O2. The molecule has 0 saturated carbocycles. The van der Waals surface area contributed by atoms with Crippen molar-refractivity contribution in [2.75, 3.05) is 5.32 Å². The van der Waals surface area contributed by atoms with Gasteiger partial charge in [-0.15, -0.1) is 5.10 Å². The van der Waals surface area contributed by atoms with Crippen LogP contribution in [0.3, 0.4) is 0 Å². The van der Waals surface area contributed by atoms with Crippen LogP contribution in [-0.2, 0) is 23.2 Å². The third-order valence-electron chi connectivity index (χ3n) is 9.93. The average Bonchev–Trinajstić information content (AvgIpc) is 3.72. The van der Waals surface area contributed by atoms with Gasteiger partial charge in [-0.1, -0.05) is 176 Å². The third-order valence-corrected chi connectivity index (χ3v) is 11.0. The van der Waals surface area contributed by atoms with Crippen molar-refractivity contribution < 1.29 is 4.79 Å². The van der Waals surface area contributed by atoms with E-state index in [-0.39, 0.29) is 22.2 Å². The lowest BCUT2D eigenvalue weighted by atomic mass is 9.77. The van der Waals surface area contributed by atoms with Crippen LogP contribution in [0.1, 0.15) is 66.6 Å². The van der Waals surface area contributed by atoms with Gasteiger partial charge in [0, 0.05) is 17.5 Å². The summed E-state index contributed by atoms with van der Waals surface area (Å²) in [5.74, 6) is 0.551. The van der Waals surface area contributed by atoms with Crippen LogP contribution in [0.2, 0.25) is 0 Å².